The molecule has 0 saturated carbocycles. The number of hydrogen-bond acceptors (Lipinski definition) is 4. The van der Waals surface area contributed by atoms with Crippen LogP contribution < -0.4 is 10.0 Å². The molecule has 0 aliphatic heterocycles. The quantitative estimate of drug-likeness (QED) is 0.742. The van der Waals surface area contributed by atoms with E-state index >= 15 is 0 Å². The fourth-order valence-corrected chi connectivity index (χ4v) is 2.75. The van der Waals surface area contributed by atoms with Gasteiger partial charge in [0.15, 0.2) is 0 Å². The van der Waals surface area contributed by atoms with E-state index in [1.165, 1.54) is 11.8 Å². The molecule has 2 N–H and O–H groups in total. The van der Waals surface area contributed by atoms with E-state index in [4.69, 9.17) is 0 Å². The monoisotopic (exact) mass is 269 g/mol. The van der Waals surface area contributed by atoms with Gasteiger partial charge in [0.05, 0.1) is 18.0 Å². The van der Waals surface area contributed by atoms with Crippen LogP contribution in [0.1, 0.15) is 30.1 Å². The molecule has 1 aliphatic rings. The molecule has 5 nitrogen and oxygen atoms in total. The topological polar surface area (TPSA) is 71.1 Å². The second-order valence-electron chi connectivity index (χ2n) is 4.61. The van der Waals surface area contributed by atoms with Crippen molar-refractivity contribution in [1.82, 2.24) is 15.0 Å². The molecule has 1 aromatic rings. The van der Waals surface area contributed by atoms with Gasteiger partial charge in [-0.25, -0.2) is 13.1 Å². The maximum atomic E-state index is 10.9. The molecule has 0 saturated heterocycles. The zero-order valence-electron chi connectivity index (χ0n) is 10.5. The van der Waals surface area contributed by atoms with E-state index in [1.807, 2.05) is 12.3 Å². The molecule has 0 amide bonds. The van der Waals surface area contributed by atoms with Crippen LogP contribution in [0.5, 0.6) is 0 Å². The molecule has 0 bridgehead atoms. The standard InChI is InChI=1S/C12H19N3O2S/c1-18(16,17)15-9-3-8-13-11-6-5-10-4-2-7-14-12(10)11/h2,4,7,11,13,15H,3,5-6,8-9H2,1H3. The first-order valence-corrected chi connectivity index (χ1v) is 8.07. The molecule has 0 spiro atoms. The van der Waals surface area contributed by atoms with Crippen LogP contribution >= 0.6 is 0 Å². The van der Waals surface area contributed by atoms with Gasteiger partial charge in [0, 0.05) is 12.7 Å². The van der Waals surface area contributed by atoms with Crippen molar-refractivity contribution in [1.29, 1.82) is 0 Å². The number of rotatable bonds is 6. The Kier molecular flexibility index (Phi) is 4.31. The van der Waals surface area contributed by atoms with Gasteiger partial charge in [0.25, 0.3) is 0 Å². The Morgan fingerprint density at radius 3 is 3.06 bits per heavy atom. The third kappa shape index (κ3) is 3.76. The number of sulfonamides is 1. The van der Waals surface area contributed by atoms with Crippen LogP contribution in [-0.2, 0) is 16.4 Å². The molecule has 18 heavy (non-hydrogen) atoms. The molecule has 2 rings (SSSR count). The number of pyridine rings is 1. The van der Waals surface area contributed by atoms with E-state index in [0.29, 0.717) is 12.6 Å². The molecule has 100 valence electrons. The highest BCUT2D eigenvalue weighted by Crippen LogP contribution is 2.28. The minimum atomic E-state index is -3.06. The predicted molar refractivity (Wildman–Crippen MR) is 70.8 cm³/mol. The molecule has 0 aromatic carbocycles. The summed E-state index contributed by atoms with van der Waals surface area (Å²) in [5.74, 6) is 0. The number of nitrogens with one attached hydrogen (secondary N) is 2. The van der Waals surface area contributed by atoms with Gasteiger partial charge >= 0.3 is 0 Å². The normalized spacial score (nSPS) is 18.8. The summed E-state index contributed by atoms with van der Waals surface area (Å²) in [5, 5.41) is 3.43. The van der Waals surface area contributed by atoms with Gasteiger partial charge in [-0.15, -0.1) is 0 Å². The maximum absolute atomic E-state index is 10.9. The minimum absolute atomic E-state index is 0.319. The van der Waals surface area contributed by atoms with Gasteiger partial charge in [-0.05, 0) is 37.4 Å². The van der Waals surface area contributed by atoms with Crippen molar-refractivity contribution in [3.8, 4) is 0 Å². The van der Waals surface area contributed by atoms with Crippen molar-refractivity contribution in [3.63, 3.8) is 0 Å². The highest BCUT2D eigenvalue weighted by Gasteiger charge is 2.22. The van der Waals surface area contributed by atoms with Gasteiger partial charge in [-0.1, -0.05) is 6.07 Å². The molecule has 6 heteroatoms. The fourth-order valence-electron chi connectivity index (χ4n) is 2.23. The SMILES string of the molecule is CS(=O)(=O)NCCCNC1CCc2cccnc21. The molecule has 1 heterocycles. The average molecular weight is 269 g/mol. The molecule has 1 unspecified atom stereocenters. The van der Waals surface area contributed by atoms with Crippen molar-refractivity contribution < 1.29 is 8.42 Å². The van der Waals surface area contributed by atoms with Crippen LogP contribution in [0, 0.1) is 0 Å². The number of fused-ring (bicyclic) bond motifs is 1. The number of aryl methyl sites for hydroxylation is 1. The van der Waals surface area contributed by atoms with E-state index < -0.39 is 10.0 Å². The van der Waals surface area contributed by atoms with E-state index in [2.05, 4.69) is 21.1 Å². The smallest absolute Gasteiger partial charge is 0.208 e. The van der Waals surface area contributed by atoms with Gasteiger partial charge in [-0.3, -0.25) is 4.98 Å². The predicted octanol–water partition coefficient (Wildman–Crippen LogP) is 0.598. The van der Waals surface area contributed by atoms with Crippen molar-refractivity contribution in [2.75, 3.05) is 19.3 Å². The van der Waals surface area contributed by atoms with Crippen LogP contribution in [0.2, 0.25) is 0 Å². The van der Waals surface area contributed by atoms with Crippen LogP contribution in [-0.4, -0.2) is 32.7 Å². The second-order valence-corrected chi connectivity index (χ2v) is 6.45. The molecule has 0 radical (unpaired) electrons. The average Bonchev–Trinajstić information content (AvgIpc) is 2.71. The second kappa shape index (κ2) is 5.77. The zero-order valence-corrected chi connectivity index (χ0v) is 11.3. The molecule has 1 aromatic heterocycles. The fraction of sp³-hybridized carbons (Fsp3) is 0.583. The highest BCUT2D eigenvalue weighted by atomic mass is 32.2. The summed E-state index contributed by atoms with van der Waals surface area (Å²) < 4.78 is 24.2. The van der Waals surface area contributed by atoms with Gasteiger partial charge in [0.2, 0.25) is 10.0 Å². The summed E-state index contributed by atoms with van der Waals surface area (Å²) in [5.41, 5.74) is 2.47. The summed E-state index contributed by atoms with van der Waals surface area (Å²) >= 11 is 0. The van der Waals surface area contributed by atoms with Crippen molar-refractivity contribution in [2.45, 2.75) is 25.3 Å². The molecule has 1 aliphatic carbocycles. The summed E-state index contributed by atoms with van der Waals surface area (Å²) in [4.78, 5) is 4.40. The van der Waals surface area contributed by atoms with Crippen LogP contribution in [0.15, 0.2) is 18.3 Å². The molecular formula is C12H19N3O2S. The largest absolute Gasteiger partial charge is 0.309 e. The zero-order chi connectivity index (χ0) is 13.0. The summed E-state index contributed by atoms with van der Waals surface area (Å²) in [6.45, 7) is 1.27. The first-order valence-electron chi connectivity index (χ1n) is 6.18. The van der Waals surface area contributed by atoms with Gasteiger partial charge in [-0.2, -0.15) is 0 Å². The Bertz CT molecular complexity index is 502. The Balaban J connectivity index is 1.73. The molecule has 1 atom stereocenters. The lowest BCUT2D eigenvalue weighted by Gasteiger charge is -2.12. The molecular weight excluding hydrogens is 250 g/mol. The van der Waals surface area contributed by atoms with Crippen LogP contribution in [0.4, 0.5) is 0 Å². The third-order valence-electron chi connectivity index (χ3n) is 3.07. The summed E-state index contributed by atoms with van der Waals surface area (Å²) in [6.07, 6.45) is 5.93. The van der Waals surface area contributed by atoms with Crippen LogP contribution in [0.3, 0.4) is 0 Å². The lowest BCUT2D eigenvalue weighted by Crippen LogP contribution is -2.27. The first kappa shape index (κ1) is 13.5. The number of hydrogen-bond donors (Lipinski definition) is 2. The lowest BCUT2D eigenvalue weighted by molar-refractivity contribution is 0.509. The van der Waals surface area contributed by atoms with Crippen LogP contribution in [0.25, 0.3) is 0 Å². The maximum Gasteiger partial charge on any atom is 0.208 e. The van der Waals surface area contributed by atoms with Crippen molar-refractivity contribution >= 4 is 10.0 Å². The van der Waals surface area contributed by atoms with E-state index in [-0.39, 0.29) is 0 Å². The van der Waals surface area contributed by atoms with Gasteiger partial charge in [0.1, 0.15) is 0 Å². The van der Waals surface area contributed by atoms with E-state index in [9.17, 15) is 8.42 Å². The minimum Gasteiger partial charge on any atom is -0.309 e. The van der Waals surface area contributed by atoms with E-state index in [0.717, 1.165) is 31.5 Å². The van der Waals surface area contributed by atoms with E-state index in [1.54, 1.807) is 0 Å². The summed E-state index contributed by atoms with van der Waals surface area (Å²) in [6, 6.07) is 4.41. The number of aromatic nitrogens is 1. The third-order valence-corrected chi connectivity index (χ3v) is 3.80. The van der Waals surface area contributed by atoms with Gasteiger partial charge < -0.3 is 5.32 Å². The van der Waals surface area contributed by atoms with Crippen molar-refractivity contribution in [3.05, 3.63) is 29.6 Å². The lowest BCUT2D eigenvalue weighted by atomic mass is 10.2. The Morgan fingerprint density at radius 2 is 2.28 bits per heavy atom. The highest BCUT2D eigenvalue weighted by molar-refractivity contribution is 7.88. The molecule has 0 fully saturated rings. The Morgan fingerprint density at radius 1 is 1.44 bits per heavy atom. The first-order chi connectivity index (χ1) is 8.56. The van der Waals surface area contributed by atoms with Crippen molar-refractivity contribution in [2.24, 2.45) is 0 Å². The summed E-state index contributed by atoms with van der Waals surface area (Å²) in [7, 11) is -3.06. The Hall–Kier alpha value is -0.980. The Labute approximate surface area is 108 Å². The number of nitrogens with zero attached hydrogens (tertiary/aromatic N) is 1.